The number of hydrogen-bond donors (Lipinski definition) is 0. The number of carbonyl (C=O) groups excluding carboxylic acids is 1. The quantitative estimate of drug-likeness (QED) is 0.561. The lowest BCUT2D eigenvalue weighted by Gasteiger charge is -2.24. The van der Waals surface area contributed by atoms with E-state index in [2.05, 4.69) is 4.99 Å². The molecule has 0 aromatic rings. The summed E-state index contributed by atoms with van der Waals surface area (Å²) in [5, 5.41) is 0. The van der Waals surface area contributed by atoms with Crippen molar-refractivity contribution in [2.45, 2.75) is 57.6 Å². The van der Waals surface area contributed by atoms with Crippen molar-refractivity contribution in [3.63, 3.8) is 0 Å². The Morgan fingerprint density at radius 3 is 2.71 bits per heavy atom. The Labute approximate surface area is 102 Å². The second kappa shape index (κ2) is 6.03. The highest BCUT2D eigenvalue weighted by Gasteiger charge is 2.39. The lowest BCUT2D eigenvalue weighted by molar-refractivity contribution is -0.147. The first-order valence-electron chi connectivity index (χ1n) is 6.66. The van der Waals surface area contributed by atoms with Crippen LogP contribution in [0.25, 0.3) is 0 Å². The van der Waals surface area contributed by atoms with Gasteiger partial charge in [0.25, 0.3) is 0 Å². The first kappa shape index (κ1) is 12.4. The summed E-state index contributed by atoms with van der Waals surface area (Å²) in [6.45, 7) is 2.22. The summed E-state index contributed by atoms with van der Waals surface area (Å²) < 4.78 is 10.6. The first-order chi connectivity index (χ1) is 8.33. The lowest BCUT2D eigenvalue weighted by atomic mass is 9.90. The number of nitrogens with zero attached hydrogens (tertiary/aromatic N) is 1. The minimum absolute atomic E-state index is 0.0906. The normalized spacial score (nSPS) is 29.7. The van der Waals surface area contributed by atoms with E-state index in [1.54, 1.807) is 0 Å². The van der Waals surface area contributed by atoms with E-state index in [0.29, 0.717) is 12.5 Å². The molecule has 1 saturated carbocycles. The Bertz CT molecular complexity index is 282. The van der Waals surface area contributed by atoms with E-state index in [-0.39, 0.29) is 12.1 Å². The molecule has 0 saturated heterocycles. The fourth-order valence-corrected chi connectivity index (χ4v) is 2.76. The van der Waals surface area contributed by atoms with Crippen molar-refractivity contribution in [3.05, 3.63) is 0 Å². The second-order valence-electron chi connectivity index (χ2n) is 4.80. The summed E-state index contributed by atoms with van der Waals surface area (Å²) in [6.07, 6.45) is 8.69. The van der Waals surface area contributed by atoms with E-state index >= 15 is 0 Å². The summed E-state index contributed by atoms with van der Waals surface area (Å²) in [5.41, 5.74) is 0. The molecule has 17 heavy (non-hydrogen) atoms. The van der Waals surface area contributed by atoms with Gasteiger partial charge in [-0.3, -0.25) is 0 Å². The molecule has 2 rings (SSSR count). The highest BCUT2D eigenvalue weighted by atomic mass is 16.5. The summed E-state index contributed by atoms with van der Waals surface area (Å²) in [6, 6.07) is -0.432. The fourth-order valence-electron chi connectivity index (χ4n) is 2.76. The molecule has 0 aromatic carbocycles. The van der Waals surface area contributed by atoms with Crippen molar-refractivity contribution in [1.82, 2.24) is 0 Å². The van der Waals surface area contributed by atoms with E-state index in [1.807, 2.05) is 6.92 Å². The number of aliphatic imine (C=N–C) groups is 1. The van der Waals surface area contributed by atoms with Crippen LogP contribution in [0.5, 0.6) is 0 Å². The van der Waals surface area contributed by atoms with Crippen molar-refractivity contribution in [3.8, 4) is 0 Å². The average molecular weight is 239 g/mol. The van der Waals surface area contributed by atoms with E-state index in [9.17, 15) is 4.79 Å². The summed E-state index contributed by atoms with van der Waals surface area (Å²) in [5.74, 6) is 0.213. The van der Waals surface area contributed by atoms with Gasteiger partial charge in [-0.1, -0.05) is 25.7 Å². The van der Waals surface area contributed by atoms with Gasteiger partial charge in [-0.2, -0.15) is 0 Å². The van der Waals surface area contributed by atoms with Crippen molar-refractivity contribution < 1.29 is 14.3 Å². The molecular formula is C13H21NO3. The van der Waals surface area contributed by atoms with Crippen molar-refractivity contribution in [2.75, 3.05) is 6.61 Å². The van der Waals surface area contributed by atoms with Crippen molar-refractivity contribution >= 4 is 12.4 Å². The van der Waals surface area contributed by atoms with Crippen molar-refractivity contribution in [2.24, 2.45) is 10.9 Å². The molecule has 0 aromatic heterocycles. The molecular weight excluding hydrogens is 218 g/mol. The fraction of sp³-hybridized carbons (Fsp3) is 0.846. The Morgan fingerprint density at radius 1 is 1.35 bits per heavy atom. The molecule has 4 heteroatoms. The molecule has 4 nitrogen and oxygen atoms in total. The number of rotatable bonds is 3. The zero-order valence-corrected chi connectivity index (χ0v) is 10.4. The van der Waals surface area contributed by atoms with Gasteiger partial charge in [-0.15, -0.1) is 0 Å². The highest BCUT2D eigenvalue weighted by molar-refractivity contribution is 5.79. The maximum Gasteiger partial charge on any atom is 0.334 e. The molecule has 0 N–H and O–H groups in total. The number of carbonyl (C=O) groups is 1. The molecule has 1 aliphatic heterocycles. The largest absolute Gasteiger partial charge is 0.477 e. The Balaban J connectivity index is 1.96. The minimum atomic E-state index is -0.432. The zero-order valence-electron chi connectivity index (χ0n) is 10.4. The molecule has 2 aliphatic rings. The first-order valence-corrected chi connectivity index (χ1v) is 6.66. The average Bonchev–Trinajstić information content (AvgIpc) is 2.65. The van der Waals surface area contributed by atoms with E-state index in [4.69, 9.17) is 9.47 Å². The monoisotopic (exact) mass is 239 g/mol. The van der Waals surface area contributed by atoms with Crippen LogP contribution in [0.2, 0.25) is 0 Å². The van der Waals surface area contributed by atoms with Crippen LogP contribution in [-0.4, -0.2) is 31.1 Å². The SMILES string of the molecule is CCOC(=O)C1N=COC1C1CCCCCC1. The molecule has 0 amide bonds. The Hall–Kier alpha value is -1.06. The lowest BCUT2D eigenvalue weighted by Crippen LogP contribution is -2.37. The van der Waals surface area contributed by atoms with Gasteiger partial charge in [0.05, 0.1) is 6.61 Å². The number of hydrogen-bond acceptors (Lipinski definition) is 4. The van der Waals surface area contributed by atoms with Gasteiger partial charge in [0.2, 0.25) is 0 Å². The highest BCUT2D eigenvalue weighted by Crippen LogP contribution is 2.31. The molecule has 0 radical (unpaired) electrons. The predicted molar refractivity (Wildman–Crippen MR) is 65.0 cm³/mol. The van der Waals surface area contributed by atoms with E-state index < -0.39 is 6.04 Å². The van der Waals surface area contributed by atoms with Gasteiger partial charge in [-0.25, -0.2) is 9.79 Å². The summed E-state index contributed by atoms with van der Waals surface area (Å²) in [7, 11) is 0. The Morgan fingerprint density at radius 2 is 2.06 bits per heavy atom. The third kappa shape index (κ3) is 2.99. The van der Waals surface area contributed by atoms with Crippen LogP contribution < -0.4 is 0 Å². The van der Waals surface area contributed by atoms with Gasteiger partial charge < -0.3 is 9.47 Å². The molecule has 96 valence electrons. The zero-order chi connectivity index (χ0) is 12.1. The maximum absolute atomic E-state index is 11.8. The molecule has 0 spiro atoms. The molecule has 0 bridgehead atoms. The van der Waals surface area contributed by atoms with Crippen molar-refractivity contribution in [1.29, 1.82) is 0 Å². The molecule has 1 aliphatic carbocycles. The topological polar surface area (TPSA) is 47.9 Å². The van der Waals surface area contributed by atoms with Crippen LogP contribution in [0, 0.1) is 5.92 Å². The van der Waals surface area contributed by atoms with Crippen LogP contribution in [0.15, 0.2) is 4.99 Å². The maximum atomic E-state index is 11.8. The van der Waals surface area contributed by atoms with Crippen LogP contribution in [0.4, 0.5) is 0 Å². The van der Waals surface area contributed by atoms with Gasteiger partial charge in [0.15, 0.2) is 12.4 Å². The van der Waals surface area contributed by atoms with Crippen LogP contribution in [0.1, 0.15) is 45.4 Å². The van der Waals surface area contributed by atoms with Crippen LogP contribution in [-0.2, 0) is 14.3 Å². The van der Waals surface area contributed by atoms with E-state index in [0.717, 1.165) is 12.8 Å². The van der Waals surface area contributed by atoms with Gasteiger partial charge in [-0.05, 0) is 25.7 Å². The van der Waals surface area contributed by atoms with Gasteiger partial charge in [0, 0.05) is 0 Å². The summed E-state index contributed by atoms with van der Waals surface area (Å²) in [4.78, 5) is 15.9. The van der Waals surface area contributed by atoms with Crippen LogP contribution in [0.3, 0.4) is 0 Å². The Kier molecular flexibility index (Phi) is 4.40. The summed E-state index contributed by atoms with van der Waals surface area (Å²) >= 11 is 0. The van der Waals surface area contributed by atoms with Gasteiger partial charge in [0.1, 0.15) is 6.10 Å². The van der Waals surface area contributed by atoms with Gasteiger partial charge >= 0.3 is 5.97 Å². The standard InChI is InChI=1S/C13H21NO3/c1-2-16-13(15)11-12(17-9-14-11)10-7-5-3-4-6-8-10/h9-12H,2-8H2,1H3. The minimum Gasteiger partial charge on any atom is -0.477 e. The van der Waals surface area contributed by atoms with Crippen LogP contribution >= 0.6 is 0 Å². The third-order valence-corrected chi connectivity index (χ3v) is 3.64. The molecule has 1 heterocycles. The second-order valence-corrected chi connectivity index (χ2v) is 4.80. The molecule has 2 atom stereocenters. The predicted octanol–water partition coefficient (Wildman–Crippen LogP) is 2.32. The number of esters is 1. The molecule has 1 fully saturated rings. The third-order valence-electron chi connectivity index (χ3n) is 3.64. The smallest absolute Gasteiger partial charge is 0.334 e. The number of ether oxygens (including phenoxy) is 2. The van der Waals surface area contributed by atoms with E-state index in [1.165, 1.54) is 32.1 Å². The molecule has 2 unspecified atom stereocenters.